The van der Waals surface area contributed by atoms with Gasteiger partial charge in [0.25, 0.3) is 16.4 Å². The summed E-state index contributed by atoms with van der Waals surface area (Å²) in [6.45, 7) is 0. The average Bonchev–Trinajstić information content (AvgIpc) is 2.71. The normalized spacial score (nSPS) is 11.4. The molecule has 18 heavy (non-hydrogen) atoms. The second kappa shape index (κ2) is 4.74. The maximum atomic E-state index is 11.2. The van der Waals surface area contributed by atoms with Gasteiger partial charge in [-0.05, 0) is 18.4 Å². The fourth-order valence-electron chi connectivity index (χ4n) is 1.37. The van der Waals surface area contributed by atoms with Crippen LogP contribution < -0.4 is 4.74 Å². The van der Waals surface area contributed by atoms with Crippen molar-refractivity contribution < 1.29 is 17.7 Å². The SMILES string of the molecule is CSc1nc2c(OC#N)c(S(=O)(=O)O)ccc2s1. The van der Waals surface area contributed by atoms with Crippen LogP contribution in [0.2, 0.25) is 0 Å². The highest BCUT2D eigenvalue weighted by molar-refractivity contribution is 8.00. The molecule has 0 atom stereocenters. The third-order valence-electron chi connectivity index (χ3n) is 2.06. The molecule has 0 aliphatic carbocycles. The fraction of sp³-hybridized carbons (Fsp3) is 0.111. The molecule has 0 unspecified atom stereocenters. The van der Waals surface area contributed by atoms with Crippen LogP contribution in [0.1, 0.15) is 0 Å². The molecule has 0 aliphatic rings. The fourth-order valence-corrected chi connectivity index (χ4v) is 3.46. The Bertz CT molecular complexity index is 745. The van der Waals surface area contributed by atoms with Gasteiger partial charge in [-0.1, -0.05) is 11.8 Å². The second-order valence-corrected chi connectivity index (χ2v) is 6.57. The number of nitrogens with zero attached hydrogens (tertiary/aromatic N) is 2. The number of fused-ring (bicyclic) bond motifs is 1. The smallest absolute Gasteiger partial charge is 0.298 e. The number of hydrogen-bond donors (Lipinski definition) is 1. The molecule has 0 amide bonds. The predicted molar refractivity (Wildman–Crippen MR) is 67.5 cm³/mol. The van der Waals surface area contributed by atoms with Crippen LogP contribution in [-0.4, -0.2) is 24.2 Å². The summed E-state index contributed by atoms with van der Waals surface area (Å²) in [4.78, 5) is 3.69. The number of ether oxygens (including phenoxy) is 1. The zero-order valence-corrected chi connectivity index (χ0v) is 11.4. The molecule has 0 spiro atoms. The summed E-state index contributed by atoms with van der Waals surface area (Å²) in [6.07, 6.45) is 3.22. The van der Waals surface area contributed by atoms with E-state index in [1.165, 1.54) is 41.5 Å². The Morgan fingerprint density at radius 3 is 2.83 bits per heavy atom. The average molecular weight is 302 g/mol. The van der Waals surface area contributed by atoms with E-state index in [-0.39, 0.29) is 11.3 Å². The van der Waals surface area contributed by atoms with Crippen LogP contribution in [0.3, 0.4) is 0 Å². The molecule has 0 aliphatic heterocycles. The van der Waals surface area contributed by atoms with E-state index < -0.39 is 15.0 Å². The van der Waals surface area contributed by atoms with Gasteiger partial charge >= 0.3 is 0 Å². The van der Waals surface area contributed by atoms with E-state index in [0.717, 1.165) is 0 Å². The number of nitriles is 1. The third-order valence-corrected chi connectivity index (χ3v) is 4.94. The highest BCUT2D eigenvalue weighted by Gasteiger charge is 2.22. The highest BCUT2D eigenvalue weighted by Crippen LogP contribution is 2.37. The van der Waals surface area contributed by atoms with Crippen molar-refractivity contribution in [3.05, 3.63) is 12.1 Å². The van der Waals surface area contributed by atoms with Crippen LogP contribution in [0.4, 0.5) is 0 Å². The van der Waals surface area contributed by atoms with Crippen molar-refractivity contribution in [2.24, 2.45) is 0 Å². The lowest BCUT2D eigenvalue weighted by molar-refractivity contribution is 0.464. The first kappa shape index (κ1) is 13.1. The van der Waals surface area contributed by atoms with Gasteiger partial charge in [0.05, 0.1) is 4.70 Å². The van der Waals surface area contributed by atoms with Crippen molar-refractivity contribution in [1.29, 1.82) is 5.26 Å². The first-order chi connectivity index (χ1) is 8.47. The van der Waals surface area contributed by atoms with E-state index in [4.69, 9.17) is 9.81 Å². The van der Waals surface area contributed by atoms with Crippen LogP contribution in [0.25, 0.3) is 10.2 Å². The van der Waals surface area contributed by atoms with Crippen molar-refractivity contribution in [3.63, 3.8) is 0 Å². The molecule has 0 radical (unpaired) electrons. The Balaban J connectivity index is 2.82. The Morgan fingerprint density at radius 2 is 2.28 bits per heavy atom. The molecule has 0 saturated heterocycles. The number of hydrogen-bond acceptors (Lipinski definition) is 7. The Morgan fingerprint density at radius 1 is 1.56 bits per heavy atom. The molecular weight excluding hydrogens is 296 g/mol. The van der Waals surface area contributed by atoms with Crippen LogP contribution in [0.15, 0.2) is 21.4 Å². The molecule has 1 N–H and O–H groups in total. The molecule has 6 nitrogen and oxygen atoms in total. The van der Waals surface area contributed by atoms with Crippen LogP contribution in [0.5, 0.6) is 5.75 Å². The molecule has 9 heteroatoms. The van der Waals surface area contributed by atoms with Gasteiger partial charge in [-0.2, -0.15) is 8.42 Å². The van der Waals surface area contributed by atoms with E-state index >= 15 is 0 Å². The molecule has 94 valence electrons. The molecule has 0 saturated carbocycles. The monoisotopic (exact) mass is 302 g/mol. The van der Waals surface area contributed by atoms with Gasteiger partial charge in [-0.15, -0.1) is 16.6 Å². The number of rotatable bonds is 3. The Labute approximate surface area is 111 Å². The van der Waals surface area contributed by atoms with Gasteiger partial charge in [0.2, 0.25) is 0 Å². The minimum absolute atomic E-state index is 0.242. The van der Waals surface area contributed by atoms with Gasteiger partial charge < -0.3 is 4.74 Å². The van der Waals surface area contributed by atoms with Crippen molar-refractivity contribution in [3.8, 4) is 12.0 Å². The van der Waals surface area contributed by atoms with Gasteiger partial charge in [-0.3, -0.25) is 4.55 Å². The van der Waals surface area contributed by atoms with Crippen molar-refractivity contribution in [1.82, 2.24) is 4.98 Å². The molecule has 2 rings (SSSR count). The molecular formula is C9H6N2O4S3. The Kier molecular flexibility index (Phi) is 3.45. The second-order valence-electron chi connectivity index (χ2n) is 3.09. The van der Waals surface area contributed by atoms with E-state index in [9.17, 15) is 8.42 Å². The number of thioether (sulfide) groups is 1. The number of benzene rings is 1. The van der Waals surface area contributed by atoms with Crippen molar-refractivity contribution in [2.45, 2.75) is 9.24 Å². The lowest BCUT2D eigenvalue weighted by atomic mass is 10.3. The van der Waals surface area contributed by atoms with Crippen molar-refractivity contribution in [2.75, 3.05) is 6.26 Å². The first-order valence-electron chi connectivity index (χ1n) is 4.48. The summed E-state index contributed by atoms with van der Waals surface area (Å²) in [5.41, 5.74) is 0.251. The zero-order valence-electron chi connectivity index (χ0n) is 8.95. The summed E-state index contributed by atoms with van der Waals surface area (Å²) in [6, 6.07) is 2.70. The summed E-state index contributed by atoms with van der Waals surface area (Å²) in [5.74, 6) is -0.242. The van der Waals surface area contributed by atoms with Gasteiger partial charge in [0.1, 0.15) is 10.4 Å². The number of aromatic nitrogens is 1. The lowest BCUT2D eigenvalue weighted by Gasteiger charge is -2.03. The van der Waals surface area contributed by atoms with Gasteiger partial charge in [-0.25, -0.2) is 4.98 Å². The first-order valence-corrected chi connectivity index (χ1v) is 7.96. The van der Waals surface area contributed by atoms with Crippen LogP contribution in [0, 0.1) is 11.5 Å². The summed E-state index contributed by atoms with van der Waals surface area (Å²) in [7, 11) is -4.46. The predicted octanol–water partition coefficient (Wildman–Crippen LogP) is 2.12. The maximum absolute atomic E-state index is 11.2. The van der Waals surface area contributed by atoms with Crippen LogP contribution in [-0.2, 0) is 10.1 Å². The topological polar surface area (TPSA) is 100 Å². The minimum atomic E-state index is -4.46. The highest BCUT2D eigenvalue weighted by atomic mass is 32.2. The van der Waals surface area contributed by atoms with Crippen LogP contribution >= 0.6 is 23.1 Å². The quantitative estimate of drug-likeness (QED) is 0.526. The molecule has 0 bridgehead atoms. The van der Waals surface area contributed by atoms with E-state index in [1.807, 2.05) is 6.26 Å². The standard InChI is InChI=1S/C9H6N2O4S3/c1-16-9-11-7-5(17-9)2-3-6(18(12,13)14)8(7)15-4-10/h2-3H,1H3,(H,12,13,14). The van der Waals surface area contributed by atoms with Gasteiger partial charge in [0.15, 0.2) is 10.1 Å². The summed E-state index contributed by atoms with van der Waals surface area (Å²) >= 11 is 2.73. The minimum Gasteiger partial charge on any atom is -0.384 e. The molecule has 2 aromatic rings. The molecule has 1 aromatic heterocycles. The lowest BCUT2D eigenvalue weighted by Crippen LogP contribution is -2.01. The maximum Gasteiger partial charge on any atom is 0.298 e. The largest absolute Gasteiger partial charge is 0.384 e. The van der Waals surface area contributed by atoms with Crippen molar-refractivity contribution >= 4 is 43.4 Å². The summed E-state index contributed by atoms with van der Waals surface area (Å²) < 4.78 is 37.5. The molecule has 1 heterocycles. The Hall–Kier alpha value is -1.34. The van der Waals surface area contributed by atoms with E-state index in [0.29, 0.717) is 9.04 Å². The third kappa shape index (κ3) is 2.28. The number of thiazole rings is 1. The summed E-state index contributed by atoms with van der Waals surface area (Å²) in [5, 5.41) is 8.56. The molecule has 0 fully saturated rings. The van der Waals surface area contributed by atoms with E-state index in [1.54, 1.807) is 0 Å². The van der Waals surface area contributed by atoms with E-state index in [2.05, 4.69) is 9.72 Å². The van der Waals surface area contributed by atoms with Gasteiger partial charge in [0, 0.05) is 0 Å². The molecule has 1 aromatic carbocycles. The zero-order chi connectivity index (χ0) is 13.3.